The summed E-state index contributed by atoms with van der Waals surface area (Å²) < 4.78 is 13.4. The molecule has 0 saturated heterocycles. The molecule has 0 aromatic heterocycles. The average molecular weight is 335 g/mol. The molecule has 0 aliphatic heterocycles. The fourth-order valence-electron chi connectivity index (χ4n) is 1.85. The number of nitrogens with one attached hydrogen (secondary N) is 1. The highest BCUT2D eigenvalue weighted by atomic mass is 32.2. The molecular weight excluding hydrogens is 317 g/mol. The van der Waals surface area contributed by atoms with E-state index in [1.807, 2.05) is 6.26 Å². The van der Waals surface area contributed by atoms with Gasteiger partial charge in [-0.05, 0) is 48.6 Å². The molecule has 2 aromatic rings. The van der Waals surface area contributed by atoms with Gasteiger partial charge in [-0.25, -0.2) is 4.39 Å². The predicted octanol–water partition coefficient (Wildman–Crippen LogP) is 4.73. The van der Waals surface area contributed by atoms with Crippen LogP contribution in [-0.2, 0) is 10.5 Å². The zero-order valence-corrected chi connectivity index (χ0v) is 14.2. The standard InChI is InChI=1S/C17H18FNOS2/c1-12-3-6-14(9-16(12)18)19-17(20)11-22-10-13-4-7-15(21-2)8-5-13/h3-9H,10-11H2,1-2H3,(H,19,20). The van der Waals surface area contributed by atoms with Crippen LogP contribution in [0, 0.1) is 12.7 Å². The first kappa shape index (κ1) is 16.9. The van der Waals surface area contributed by atoms with Gasteiger partial charge in [0.15, 0.2) is 0 Å². The Morgan fingerprint density at radius 2 is 1.91 bits per heavy atom. The lowest BCUT2D eigenvalue weighted by Gasteiger charge is -2.07. The zero-order valence-electron chi connectivity index (χ0n) is 12.6. The molecule has 0 radical (unpaired) electrons. The van der Waals surface area contributed by atoms with Crippen LogP contribution in [0.3, 0.4) is 0 Å². The molecule has 0 saturated carbocycles. The lowest BCUT2D eigenvalue weighted by Crippen LogP contribution is -2.14. The number of amides is 1. The molecule has 2 aromatic carbocycles. The molecule has 2 rings (SSSR count). The third-order valence-electron chi connectivity index (χ3n) is 3.12. The molecule has 0 heterocycles. The van der Waals surface area contributed by atoms with E-state index in [9.17, 15) is 9.18 Å². The van der Waals surface area contributed by atoms with Crippen molar-refractivity contribution >= 4 is 35.1 Å². The number of benzene rings is 2. The highest BCUT2D eigenvalue weighted by molar-refractivity contribution is 7.99. The van der Waals surface area contributed by atoms with Crippen molar-refractivity contribution in [1.29, 1.82) is 0 Å². The van der Waals surface area contributed by atoms with Crippen molar-refractivity contribution in [2.24, 2.45) is 0 Å². The van der Waals surface area contributed by atoms with Crippen molar-refractivity contribution in [2.75, 3.05) is 17.3 Å². The first-order valence-corrected chi connectivity index (χ1v) is 9.23. The van der Waals surface area contributed by atoms with Crippen LogP contribution in [0.5, 0.6) is 0 Å². The Labute approximate surface area is 138 Å². The Balaban J connectivity index is 1.78. The van der Waals surface area contributed by atoms with Crippen molar-refractivity contribution in [1.82, 2.24) is 0 Å². The minimum atomic E-state index is -0.306. The van der Waals surface area contributed by atoms with E-state index in [2.05, 4.69) is 29.6 Å². The quantitative estimate of drug-likeness (QED) is 0.774. The zero-order chi connectivity index (χ0) is 15.9. The molecule has 1 N–H and O–H groups in total. The molecule has 116 valence electrons. The molecule has 2 nitrogen and oxygen atoms in total. The summed E-state index contributed by atoms with van der Waals surface area (Å²) in [5.41, 5.74) is 2.26. The monoisotopic (exact) mass is 335 g/mol. The molecule has 22 heavy (non-hydrogen) atoms. The second-order valence-corrected chi connectivity index (χ2v) is 6.72. The van der Waals surface area contributed by atoms with Crippen molar-refractivity contribution in [3.8, 4) is 0 Å². The van der Waals surface area contributed by atoms with Gasteiger partial charge in [-0.3, -0.25) is 4.79 Å². The number of carbonyl (C=O) groups excluding carboxylic acids is 1. The Morgan fingerprint density at radius 1 is 1.18 bits per heavy atom. The van der Waals surface area contributed by atoms with Gasteiger partial charge in [-0.2, -0.15) is 0 Å². The van der Waals surface area contributed by atoms with Crippen molar-refractivity contribution in [3.05, 3.63) is 59.4 Å². The van der Waals surface area contributed by atoms with Crippen molar-refractivity contribution in [3.63, 3.8) is 0 Å². The Morgan fingerprint density at radius 3 is 2.55 bits per heavy atom. The Hall–Kier alpha value is -1.46. The van der Waals surface area contributed by atoms with Crippen LogP contribution in [0.15, 0.2) is 47.4 Å². The predicted molar refractivity (Wildman–Crippen MR) is 94.2 cm³/mol. The maximum absolute atomic E-state index is 13.4. The molecule has 0 atom stereocenters. The highest BCUT2D eigenvalue weighted by Gasteiger charge is 2.05. The third-order valence-corrected chi connectivity index (χ3v) is 4.86. The highest BCUT2D eigenvalue weighted by Crippen LogP contribution is 2.19. The summed E-state index contributed by atoms with van der Waals surface area (Å²) in [6.07, 6.45) is 2.04. The molecule has 5 heteroatoms. The van der Waals surface area contributed by atoms with Crippen molar-refractivity contribution in [2.45, 2.75) is 17.6 Å². The minimum Gasteiger partial charge on any atom is -0.325 e. The van der Waals surface area contributed by atoms with E-state index in [0.717, 1.165) is 5.75 Å². The molecular formula is C17H18FNOS2. The number of thioether (sulfide) groups is 2. The van der Waals surface area contributed by atoms with E-state index < -0.39 is 0 Å². The van der Waals surface area contributed by atoms with Crippen molar-refractivity contribution < 1.29 is 9.18 Å². The van der Waals surface area contributed by atoms with Gasteiger partial charge in [-0.15, -0.1) is 23.5 Å². The average Bonchev–Trinajstić information content (AvgIpc) is 2.51. The van der Waals surface area contributed by atoms with E-state index in [1.165, 1.54) is 16.5 Å². The third kappa shape index (κ3) is 5.07. The maximum Gasteiger partial charge on any atom is 0.234 e. The van der Waals surface area contributed by atoms with E-state index in [1.54, 1.807) is 42.6 Å². The number of hydrogen-bond donors (Lipinski definition) is 1. The van der Waals surface area contributed by atoms with E-state index in [0.29, 0.717) is 17.0 Å². The topological polar surface area (TPSA) is 29.1 Å². The van der Waals surface area contributed by atoms with E-state index >= 15 is 0 Å². The SMILES string of the molecule is CSc1ccc(CSCC(=O)Nc2ccc(C)c(F)c2)cc1. The van der Waals surface area contributed by atoms with Gasteiger partial charge in [0.1, 0.15) is 5.82 Å². The number of aryl methyl sites for hydroxylation is 1. The number of anilines is 1. The molecule has 0 aliphatic carbocycles. The molecule has 0 fully saturated rings. The number of carbonyl (C=O) groups is 1. The fourth-order valence-corrected chi connectivity index (χ4v) is 3.05. The van der Waals surface area contributed by atoms with Gasteiger partial charge < -0.3 is 5.32 Å². The first-order valence-electron chi connectivity index (χ1n) is 6.85. The molecule has 0 bridgehead atoms. The summed E-state index contributed by atoms with van der Waals surface area (Å²) in [4.78, 5) is 13.1. The Kier molecular flexibility index (Phi) is 6.34. The van der Waals surface area contributed by atoms with Crippen LogP contribution in [0.2, 0.25) is 0 Å². The van der Waals surface area contributed by atoms with Gasteiger partial charge in [0, 0.05) is 16.3 Å². The van der Waals surface area contributed by atoms with Gasteiger partial charge in [0.05, 0.1) is 5.75 Å². The smallest absolute Gasteiger partial charge is 0.234 e. The minimum absolute atomic E-state index is 0.117. The summed E-state index contributed by atoms with van der Waals surface area (Å²) in [6, 6.07) is 13.0. The van der Waals surface area contributed by atoms with Gasteiger partial charge in [0.2, 0.25) is 5.91 Å². The maximum atomic E-state index is 13.4. The molecule has 1 amide bonds. The summed E-state index contributed by atoms with van der Waals surface area (Å²) >= 11 is 3.25. The number of hydrogen-bond acceptors (Lipinski definition) is 3. The summed E-state index contributed by atoms with van der Waals surface area (Å²) in [7, 11) is 0. The van der Waals surface area contributed by atoms with Crippen LogP contribution in [0.25, 0.3) is 0 Å². The van der Waals surface area contributed by atoms with Crippen LogP contribution in [0.4, 0.5) is 10.1 Å². The normalized spacial score (nSPS) is 10.5. The molecule has 0 spiro atoms. The second kappa shape index (κ2) is 8.25. The molecule has 0 unspecified atom stereocenters. The summed E-state index contributed by atoms with van der Waals surface area (Å²) in [5, 5.41) is 2.71. The Bertz CT molecular complexity index is 644. The lowest BCUT2D eigenvalue weighted by atomic mass is 10.2. The van der Waals surface area contributed by atoms with Gasteiger partial charge >= 0.3 is 0 Å². The van der Waals surface area contributed by atoms with Crippen LogP contribution in [0.1, 0.15) is 11.1 Å². The number of halogens is 1. The van der Waals surface area contributed by atoms with Crippen LogP contribution >= 0.6 is 23.5 Å². The first-order chi connectivity index (χ1) is 10.6. The lowest BCUT2D eigenvalue weighted by molar-refractivity contribution is -0.113. The molecule has 0 aliphatic rings. The summed E-state index contributed by atoms with van der Waals surface area (Å²) in [6.45, 7) is 1.69. The van der Waals surface area contributed by atoms with Gasteiger partial charge in [0.25, 0.3) is 0 Å². The van der Waals surface area contributed by atoms with Crippen LogP contribution < -0.4 is 5.32 Å². The van der Waals surface area contributed by atoms with Crippen LogP contribution in [-0.4, -0.2) is 17.9 Å². The van der Waals surface area contributed by atoms with E-state index in [4.69, 9.17) is 0 Å². The second-order valence-electron chi connectivity index (χ2n) is 4.85. The van der Waals surface area contributed by atoms with E-state index in [-0.39, 0.29) is 11.7 Å². The largest absolute Gasteiger partial charge is 0.325 e. The summed E-state index contributed by atoms with van der Waals surface area (Å²) in [5.74, 6) is 0.706. The fraction of sp³-hybridized carbons (Fsp3) is 0.235. The van der Waals surface area contributed by atoms with Gasteiger partial charge in [-0.1, -0.05) is 18.2 Å². The number of rotatable bonds is 6.